The van der Waals surface area contributed by atoms with Crippen LogP contribution in [0.5, 0.6) is 0 Å². The van der Waals surface area contributed by atoms with E-state index in [1.165, 1.54) is 19.1 Å². The lowest BCUT2D eigenvalue weighted by Gasteiger charge is -2.13. The van der Waals surface area contributed by atoms with E-state index in [0.717, 1.165) is 18.2 Å². The van der Waals surface area contributed by atoms with Crippen LogP contribution in [0, 0.1) is 18.6 Å². The number of carbonyl (C=O) groups is 1. The molecule has 2 rings (SSSR count). The monoisotopic (exact) mass is 344 g/mol. The van der Waals surface area contributed by atoms with Crippen LogP contribution in [0.25, 0.3) is 0 Å². The Labute approximate surface area is 134 Å². The third kappa shape index (κ3) is 4.43. The van der Waals surface area contributed by atoms with Gasteiger partial charge in [-0.25, -0.2) is 8.78 Å². The number of halogens is 5. The van der Waals surface area contributed by atoms with Gasteiger partial charge in [0, 0.05) is 11.8 Å². The lowest BCUT2D eigenvalue weighted by molar-refractivity contribution is -0.138. The number of amides is 1. The van der Waals surface area contributed by atoms with Crippen LogP contribution in [0.4, 0.5) is 33.3 Å². The van der Waals surface area contributed by atoms with Gasteiger partial charge in [-0.15, -0.1) is 0 Å². The SMILES string of the molecule is Cc1ccc(NCC(=O)Nc2ccc(F)cc2F)cc1C(F)(F)F. The van der Waals surface area contributed by atoms with Crippen molar-refractivity contribution in [3.63, 3.8) is 0 Å². The van der Waals surface area contributed by atoms with Crippen LogP contribution in [0.2, 0.25) is 0 Å². The molecular weight excluding hydrogens is 331 g/mol. The summed E-state index contributed by atoms with van der Waals surface area (Å²) in [5.41, 5.74) is -0.867. The number of rotatable bonds is 4. The predicted octanol–water partition coefficient (Wildman–Crippen LogP) is 4.34. The zero-order valence-electron chi connectivity index (χ0n) is 12.5. The molecule has 0 saturated heterocycles. The molecule has 0 radical (unpaired) electrons. The van der Waals surface area contributed by atoms with Crippen molar-refractivity contribution >= 4 is 17.3 Å². The summed E-state index contributed by atoms with van der Waals surface area (Å²) < 4.78 is 64.6. The molecule has 1 amide bonds. The first-order valence-electron chi connectivity index (χ1n) is 6.83. The normalized spacial score (nSPS) is 11.2. The standard InChI is InChI=1S/C16H13F5N2O/c1-9-2-4-11(7-12(9)16(19,20)21)22-8-15(24)23-14-5-3-10(17)6-13(14)18/h2-7,22H,8H2,1H3,(H,23,24). The van der Waals surface area contributed by atoms with E-state index in [9.17, 15) is 26.7 Å². The molecule has 24 heavy (non-hydrogen) atoms. The van der Waals surface area contributed by atoms with E-state index in [0.29, 0.717) is 6.07 Å². The fraction of sp³-hybridized carbons (Fsp3) is 0.188. The number of nitrogens with one attached hydrogen (secondary N) is 2. The quantitative estimate of drug-likeness (QED) is 0.810. The summed E-state index contributed by atoms with van der Waals surface area (Å²) in [5, 5.41) is 4.73. The number of hydrogen-bond acceptors (Lipinski definition) is 2. The van der Waals surface area contributed by atoms with Crippen molar-refractivity contribution < 1.29 is 26.7 Å². The molecule has 0 unspecified atom stereocenters. The molecule has 0 aliphatic heterocycles. The molecule has 0 aliphatic rings. The molecule has 2 aromatic carbocycles. The fourth-order valence-electron chi connectivity index (χ4n) is 2.00. The van der Waals surface area contributed by atoms with E-state index in [2.05, 4.69) is 10.6 Å². The van der Waals surface area contributed by atoms with Gasteiger partial charge in [-0.2, -0.15) is 13.2 Å². The molecule has 0 fully saturated rings. The average Bonchev–Trinajstić information content (AvgIpc) is 2.48. The summed E-state index contributed by atoms with van der Waals surface area (Å²) in [6, 6.07) is 6.21. The number of hydrogen-bond donors (Lipinski definition) is 2. The summed E-state index contributed by atoms with van der Waals surface area (Å²) in [6.45, 7) is 0.952. The minimum atomic E-state index is -4.50. The lowest BCUT2D eigenvalue weighted by atomic mass is 10.1. The van der Waals surface area contributed by atoms with Gasteiger partial charge in [0.15, 0.2) is 0 Å². The van der Waals surface area contributed by atoms with E-state index in [1.807, 2.05) is 0 Å². The zero-order valence-corrected chi connectivity index (χ0v) is 12.5. The summed E-state index contributed by atoms with van der Waals surface area (Å²) in [7, 11) is 0. The van der Waals surface area contributed by atoms with Crippen LogP contribution in [0.15, 0.2) is 36.4 Å². The number of anilines is 2. The molecule has 0 aromatic heterocycles. The maximum absolute atomic E-state index is 13.4. The van der Waals surface area contributed by atoms with Gasteiger partial charge in [-0.1, -0.05) is 6.07 Å². The van der Waals surface area contributed by atoms with Gasteiger partial charge >= 0.3 is 6.18 Å². The van der Waals surface area contributed by atoms with Crippen molar-refractivity contribution in [1.82, 2.24) is 0 Å². The van der Waals surface area contributed by atoms with Gasteiger partial charge in [-0.05, 0) is 36.8 Å². The maximum atomic E-state index is 13.4. The van der Waals surface area contributed by atoms with Crippen LogP contribution >= 0.6 is 0 Å². The fourth-order valence-corrected chi connectivity index (χ4v) is 2.00. The summed E-state index contributed by atoms with van der Waals surface area (Å²) in [5.74, 6) is -2.42. The molecule has 0 saturated carbocycles. The Morgan fingerprint density at radius 3 is 2.42 bits per heavy atom. The molecule has 0 heterocycles. The average molecular weight is 344 g/mol. The molecule has 128 valence electrons. The first kappa shape index (κ1) is 17.7. The summed E-state index contributed by atoms with van der Waals surface area (Å²) >= 11 is 0. The minimum absolute atomic E-state index is 0.0610. The van der Waals surface area contributed by atoms with Crippen LogP contribution in [-0.4, -0.2) is 12.5 Å². The second kappa shape index (κ2) is 6.86. The van der Waals surface area contributed by atoms with Gasteiger partial charge in [0.25, 0.3) is 0 Å². The van der Waals surface area contributed by atoms with Crippen molar-refractivity contribution in [2.24, 2.45) is 0 Å². The maximum Gasteiger partial charge on any atom is 0.416 e. The second-order valence-electron chi connectivity index (χ2n) is 5.05. The van der Waals surface area contributed by atoms with Gasteiger partial charge in [0.05, 0.1) is 17.8 Å². The molecule has 0 bridgehead atoms. The van der Waals surface area contributed by atoms with Crippen LogP contribution < -0.4 is 10.6 Å². The summed E-state index contributed by atoms with van der Waals surface area (Å²) in [6.07, 6.45) is -4.50. The van der Waals surface area contributed by atoms with Gasteiger partial charge in [0.1, 0.15) is 11.6 Å². The Kier molecular flexibility index (Phi) is 5.06. The molecule has 0 aliphatic carbocycles. The highest BCUT2D eigenvalue weighted by Gasteiger charge is 2.32. The highest BCUT2D eigenvalue weighted by Crippen LogP contribution is 2.33. The summed E-state index contributed by atoms with van der Waals surface area (Å²) in [4.78, 5) is 11.7. The first-order chi connectivity index (χ1) is 11.2. The number of carbonyl (C=O) groups excluding carboxylic acids is 1. The molecular formula is C16H13F5N2O. The first-order valence-corrected chi connectivity index (χ1v) is 6.83. The Morgan fingerprint density at radius 1 is 1.08 bits per heavy atom. The smallest absolute Gasteiger partial charge is 0.376 e. The predicted molar refractivity (Wildman–Crippen MR) is 79.7 cm³/mol. The number of aryl methyl sites for hydroxylation is 1. The van der Waals surface area contributed by atoms with Crippen molar-refractivity contribution in [3.8, 4) is 0 Å². The topological polar surface area (TPSA) is 41.1 Å². The van der Waals surface area contributed by atoms with Crippen molar-refractivity contribution in [3.05, 3.63) is 59.2 Å². The number of alkyl halides is 3. The molecule has 0 spiro atoms. The van der Waals surface area contributed by atoms with Crippen LogP contribution in [0.3, 0.4) is 0 Å². The Balaban J connectivity index is 2.01. The van der Waals surface area contributed by atoms with Gasteiger partial charge in [-0.3, -0.25) is 4.79 Å². The molecule has 2 aromatic rings. The van der Waals surface area contributed by atoms with E-state index in [1.54, 1.807) is 0 Å². The zero-order chi connectivity index (χ0) is 17.9. The van der Waals surface area contributed by atoms with E-state index in [4.69, 9.17) is 0 Å². The Morgan fingerprint density at radius 2 is 1.79 bits per heavy atom. The van der Waals surface area contributed by atoms with Crippen molar-refractivity contribution in [1.29, 1.82) is 0 Å². The van der Waals surface area contributed by atoms with Crippen LogP contribution in [0.1, 0.15) is 11.1 Å². The van der Waals surface area contributed by atoms with Crippen LogP contribution in [-0.2, 0) is 11.0 Å². The highest BCUT2D eigenvalue weighted by molar-refractivity contribution is 5.93. The largest absolute Gasteiger partial charge is 0.416 e. The van der Waals surface area contributed by atoms with E-state index >= 15 is 0 Å². The van der Waals surface area contributed by atoms with E-state index < -0.39 is 29.3 Å². The van der Waals surface area contributed by atoms with Gasteiger partial charge < -0.3 is 10.6 Å². The third-order valence-corrected chi connectivity index (χ3v) is 3.20. The molecule has 0 atom stereocenters. The molecule has 3 nitrogen and oxygen atoms in total. The van der Waals surface area contributed by atoms with Crippen molar-refractivity contribution in [2.75, 3.05) is 17.2 Å². The minimum Gasteiger partial charge on any atom is -0.376 e. The molecule has 8 heteroatoms. The number of benzene rings is 2. The van der Waals surface area contributed by atoms with Crippen molar-refractivity contribution in [2.45, 2.75) is 13.1 Å². The third-order valence-electron chi connectivity index (χ3n) is 3.20. The second-order valence-corrected chi connectivity index (χ2v) is 5.05. The highest BCUT2D eigenvalue weighted by atomic mass is 19.4. The lowest BCUT2D eigenvalue weighted by Crippen LogP contribution is -2.22. The Hall–Kier alpha value is -2.64. The molecule has 2 N–H and O–H groups in total. The van der Waals surface area contributed by atoms with E-state index in [-0.39, 0.29) is 23.5 Å². The van der Waals surface area contributed by atoms with Gasteiger partial charge in [0.2, 0.25) is 5.91 Å². The Bertz CT molecular complexity index is 759.